The number of hydroxylamine groups is 2. The Kier molecular flexibility index (Phi) is 5.85. The number of amidine groups is 1. The van der Waals surface area contributed by atoms with Crippen LogP contribution in [0.4, 0.5) is 5.69 Å². The summed E-state index contributed by atoms with van der Waals surface area (Å²) in [6.45, 7) is 2.25. The Morgan fingerprint density at radius 3 is 2.69 bits per heavy atom. The molecule has 5 N–H and O–H groups in total. The van der Waals surface area contributed by atoms with Gasteiger partial charge in [-0.15, -0.1) is 5.69 Å². The molecule has 0 amide bonds. The van der Waals surface area contributed by atoms with Gasteiger partial charge in [-0.1, -0.05) is 59.1 Å². The summed E-state index contributed by atoms with van der Waals surface area (Å²) in [6, 6.07) is 12.9. The second kappa shape index (κ2) is 8.29. The molecule has 0 fully saturated rings. The van der Waals surface area contributed by atoms with Gasteiger partial charge in [-0.25, -0.2) is 0 Å². The van der Waals surface area contributed by atoms with Gasteiger partial charge >= 0.3 is 0 Å². The average Bonchev–Trinajstić information content (AvgIpc) is 3.03. The van der Waals surface area contributed by atoms with Crippen molar-refractivity contribution in [1.29, 1.82) is 0 Å². The number of quaternary nitrogens is 1. The highest BCUT2D eigenvalue weighted by molar-refractivity contribution is 6.35. The number of rotatable bonds is 6. The van der Waals surface area contributed by atoms with E-state index in [4.69, 9.17) is 38.7 Å². The van der Waals surface area contributed by atoms with E-state index in [0.29, 0.717) is 21.6 Å². The highest BCUT2D eigenvalue weighted by Gasteiger charge is 2.16. The molecule has 0 aliphatic carbocycles. The van der Waals surface area contributed by atoms with Gasteiger partial charge in [-0.2, -0.15) is 15.8 Å². The van der Waals surface area contributed by atoms with Crippen LogP contribution in [0, 0.1) is 6.92 Å². The third kappa shape index (κ3) is 4.59. The number of hydrogen-bond donors (Lipinski definition) is 3. The van der Waals surface area contributed by atoms with Gasteiger partial charge in [0.15, 0.2) is 11.5 Å². The van der Waals surface area contributed by atoms with Gasteiger partial charge in [-0.05, 0) is 24.2 Å². The van der Waals surface area contributed by atoms with Crippen LogP contribution in [-0.4, -0.2) is 5.84 Å². The van der Waals surface area contributed by atoms with Gasteiger partial charge in [-0.3, -0.25) is 4.94 Å². The molecule has 0 unspecified atom stereocenters. The first-order valence-corrected chi connectivity index (χ1v) is 8.46. The van der Waals surface area contributed by atoms with E-state index >= 15 is 0 Å². The Bertz CT molecular complexity index is 853. The fraction of sp³-hybridized carbons (Fsp3) is 0.118. The molecule has 1 aliphatic heterocycles. The molecule has 1 heterocycles. The molecule has 2 aromatic carbocycles. The lowest BCUT2D eigenvalue weighted by atomic mass is 10.2. The molecule has 136 valence electrons. The van der Waals surface area contributed by atoms with E-state index in [9.17, 15) is 0 Å². The quantitative estimate of drug-likeness (QED) is 0.656. The van der Waals surface area contributed by atoms with Crippen LogP contribution in [0.25, 0.3) is 5.32 Å². The van der Waals surface area contributed by atoms with E-state index < -0.39 is 0 Å². The Balaban J connectivity index is 1.72. The number of hydrogen-bond acceptors (Lipinski definition) is 5. The Labute approximate surface area is 160 Å². The molecule has 3 rings (SSSR count). The average molecular weight is 394 g/mol. The van der Waals surface area contributed by atoms with Crippen LogP contribution < -0.4 is 16.7 Å². The van der Waals surface area contributed by atoms with Gasteiger partial charge in [0.25, 0.3) is 0 Å². The third-order valence-corrected chi connectivity index (χ3v) is 4.12. The van der Waals surface area contributed by atoms with Crippen molar-refractivity contribution in [1.82, 2.24) is 5.48 Å². The van der Waals surface area contributed by atoms with Crippen molar-refractivity contribution < 1.29 is 15.3 Å². The van der Waals surface area contributed by atoms with Crippen molar-refractivity contribution in [3.05, 3.63) is 80.5 Å². The minimum Gasteiger partial charge on any atom is -0.606 e. The fourth-order valence-corrected chi connectivity index (χ4v) is 2.61. The summed E-state index contributed by atoms with van der Waals surface area (Å²) in [7, 11) is 0. The second-order valence-electron chi connectivity index (χ2n) is 5.54. The molecule has 0 bridgehead atoms. The van der Waals surface area contributed by atoms with Gasteiger partial charge in [0.05, 0.1) is 5.82 Å². The maximum Gasteiger partial charge on any atom is 0.197 e. The zero-order chi connectivity index (χ0) is 18.5. The largest absolute Gasteiger partial charge is 0.606 e. The maximum atomic E-state index is 6.15. The monoisotopic (exact) mass is 393 g/mol. The van der Waals surface area contributed by atoms with Gasteiger partial charge in [0.1, 0.15) is 6.61 Å². The van der Waals surface area contributed by atoms with Crippen molar-refractivity contribution in [2.75, 3.05) is 0 Å². The van der Waals surface area contributed by atoms with Crippen molar-refractivity contribution in [3.63, 3.8) is 0 Å². The van der Waals surface area contributed by atoms with Crippen molar-refractivity contribution in [2.24, 2.45) is 10.9 Å². The summed E-state index contributed by atoms with van der Waals surface area (Å²) in [5.41, 5.74) is 13.0. The molecule has 2 aromatic rings. The van der Waals surface area contributed by atoms with Crippen molar-refractivity contribution in [3.8, 4) is 0 Å². The number of nitrogens with two attached hydrogens (primary N) is 2. The molecule has 0 saturated heterocycles. The predicted octanol–water partition coefficient (Wildman–Crippen LogP) is 2.98. The summed E-state index contributed by atoms with van der Waals surface area (Å²) in [6.07, 6.45) is 0. The topological polar surface area (TPSA) is 99.6 Å². The summed E-state index contributed by atoms with van der Waals surface area (Å²) < 4.78 is 0. The molecule has 0 saturated carbocycles. The smallest absolute Gasteiger partial charge is 0.197 e. The molecular weight excluding hydrogens is 377 g/mol. The summed E-state index contributed by atoms with van der Waals surface area (Å²) >= 11 is 12.1. The zero-order valence-corrected chi connectivity index (χ0v) is 15.4. The van der Waals surface area contributed by atoms with Crippen LogP contribution in [-0.2, 0) is 16.4 Å². The highest BCUT2D eigenvalue weighted by Crippen LogP contribution is 2.24. The molecule has 26 heavy (non-hydrogen) atoms. The first-order valence-electron chi connectivity index (χ1n) is 7.70. The minimum atomic E-state index is 0.181. The number of benzene rings is 2. The molecule has 0 spiro atoms. The van der Waals surface area contributed by atoms with E-state index in [2.05, 4.69) is 16.0 Å². The Morgan fingerprint density at radius 2 is 2.04 bits per heavy atom. The lowest BCUT2D eigenvalue weighted by Crippen LogP contribution is -2.81. The summed E-state index contributed by atoms with van der Waals surface area (Å²) in [5, 5.41) is 9.27. The molecule has 0 aromatic heterocycles. The number of halogens is 2. The van der Waals surface area contributed by atoms with Crippen molar-refractivity contribution >= 4 is 34.7 Å². The zero-order valence-electron chi connectivity index (χ0n) is 13.9. The minimum absolute atomic E-state index is 0.181. The molecule has 0 radical (unpaired) electrons. The SMILES string of the molecule is Cc1ccc([N-]C([NH2+]OCc2ccc(Cl)cc2Cl)=C2NON=C2N)cc1. The van der Waals surface area contributed by atoms with E-state index in [1.807, 2.05) is 31.2 Å². The van der Waals surface area contributed by atoms with Gasteiger partial charge in [0, 0.05) is 15.6 Å². The number of aryl methyl sites for hydroxylation is 1. The van der Waals surface area contributed by atoms with Gasteiger partial charge in [0.2, 0.25) is 0 Å². The number of nitrogens with one attached hydrogen (secondary N) is 1. The Morgan fingerprint density at radius 1 is 1.27 bits per heavy atom. The normalized spacial score (nSPS) is 15.1. The molecular formula is C17H17Cl2N5O2. The van der Waals surface area contributed by atoms with Crippen LogP contribution in [0.3, 0.4) is 0 Å². The second-order valence-corrected chi connectivity index (χ2v) is 6.39. The van der Waals surface area contributed by atoms with Crippen LogP contribution >= 0.6 is 23.2 Å². The Hall–Kier alpha value is -2.45. The summed E-state index contributed by atoms with van der Waals surface area (Å²) in [4.78, 5) is 10.4. The van der Waals surface area contributed by atoms with Gasteiger partial charge < -0.3 is 11.1 Å². The van der Waals surface area contributed by atoms with Crippen LogP contribution in [0.15, 0.2) is 59.1 Å². The van der Waals surface area contributed by atoms with Crippen LogP contribution in [0.1, 0.15) is 11.1 Å². The standard InChI is InChI=1S/C17H16Cl2N5O2/c1-10-2-6-13(7-3-10)21-17(15-16(20)23-26-22-15)24-25-9-11-4-5-12(18)8-14(11)19/h2-8,22,24H,9H2,1H3,(H2,20,23)/q-1/p+1. The molecule has 9 heteroatoms. The third-order valence-electron chi connectivity index (χ3n) is 3.54. The fourth-order valence-electron chi connectivity index (χ4n) is 2.15. The molecule has 7 nitrogen and oxygen atoms in total. The van der Waals surface area contributed by atoms with E-state index in [0.717, 1.165) is 16.8 Å². The lowest BCUT2D eigenvalue weighted by molar-refractivity contribution is -0.864. The van der Waals surface area contributed by atoms with E-state index in [-0.39, 0.29) is 12.4 Å². The lowest BCUT2D eigenvalue weighted by Gasteiger charge is -2.23. The first-order chi connectivity index (χ1) is 12.5. The first kappa shape index (κ1) is 18.3. The predicted molar refractivity (Wildman–Crippen MR) is 100 cm³/mol. The van der Waals surface area contributed by atoms with Crippen LogP contribution in [0.5, 0.6) is 0 Å². The molecule has 1 aliphatic rings. The number of nitrogens with zero attached hydrogens (tertiary/aromatic N) is 2. The van der Waals surface area contributed by atoms with E-state index in [1.54, 1.807) is 18.2 Å². The highest BCUT2D eigenvalue weighted by atomic mass is 35.5. The van der Waals surface area contributed by atoms with E-state index in [1.165, 1.54) is 5.48 Å². The maximum absolute atomic E-state index is 6.15. The molecule has 0 atom stereocenters. The van der Waals surface area contributed by atoms with Crippen LogP contribution in [0.2, 0.25) is 10.0 Å². The number of oxime groups is 1. The summed E-state index contributed by atoms with van der Waals surface area (Å²) in [5.74, 6) is 0.623. The van der Waals surface area contributed by atoms with Crippen molar-refractivity contribution in [2.45, 2.75) is 13.5 Å².